The Morgan fingerprint density at radius 1 is 1.42 bits per heavy atom. The molecule has 0 saturated heterocycles. The number of rotatable bonds is 0. The van der Waals surface area contributed by atoms with Gasteiger partial charge in [0.05, 0.1) is 0 Å². The van der Waals surface area contributed by atoms with Crippen LogP contribution in [0, 0.1) is 11.3 Å². The van der Waals surface area contributed by atoms with Gasteiger partial charge >= 0.3 is 0 Å². The van der Waals surface area contributed by atoms with Gasteiger partial charge in [-0.05, 0) is 23.7 Å². The van der Waals surface area contributed by atoms with E-state index in [0.717, 1.165) is 0 Å². The maximum absolute atomic E-state index is 8.50. The van der Waals surface area contributed by atoms with Crippen molar-refractivity contribution in [2.75, 3.05) is 0 Å². The molecule has 58 valence electrons. The van der Waals surface area contributed by atoms with Crippen molar-refractivity contribution >= 4 is 22.8 Å². The van der Waals surface area contributed by atoms with Crippen molar-refractivity contribution in [3.63, 3.8) is 0 Å². The van der Waals surface area contributed by atoms with Crippen LogP contribution >= 0.6 is 11.6 Å². The number of pyridine rings is 1. The molecule has 0 fully saturated rings. The van der Waals surface area contributed by atoms with Crippen LogP contribution in [0.5, 0.6) is 0 Å². The van der Waals surface area contributed by atoms with Crippen molar-refractivity contribution < 1.29 is 4.42 Å². The van der Waals surface area contributed by atoms with Gasteiger partial charge < -0.3 is 4.42 Å². The fourth-order valence-corrected chi connectivity index (χ4v) is 1.02. The second-order valence-electron chi connectivity index (χ2n) is 2.10. The maximum Gasteiger partial charge on any atom is 0.294 e. The predicted molar refractivity (Wildman–Crippen MR) is 41.5 cm³/mol. The molecular formula is C7H2ClN3O. The molecule has 4 nitrogen and oxygen atoms in total. The van der Waals surface area contributed by atoms with Crippen LogP contribution < -0.4 is 0 Å². The van der Waals surface area contributed by atoms with E-state index in [-0.39, 0.29) is 11.0 Å². The van der Waals surface area contributed by atoms with Crippen LogP contribution in [0.25, 0.3) is 11.2 Å². The van der Waals surface area contributed by atoms with Gasteiger partial charge in [-0.1, -0.05) is 0 Å². The Labute approximate surface area is 72.4 Å². The lowest BCUT2D eigenvalue weighted by molar-refractivity contribution is 0.592. The van der Waals surface area contributed by atoms with Gasteiger partial charge in [-0.25, -0.2) is 4.98 Å². The summed E-state index contributed by atoms with van der Waals surface area (Å²) < 4.78 is 4.90. The molecule has 0 unspecified atom stereocenters. The Hall–Kier alpha value is -1.60. The van der Waals surface area contributed by atoms with Crippen molar-refractivity contribution in [1.82, 2.24) is 9.97 Å². The third-order valence-electron chi connectivity index (χ3n) is 1.34. The molecule has 0 atom stereocenters. The molecular weight excluding hydrogens is 178 g/mol. The third-order valence-corrected chi connectivity index (χ3v) is 1.51. The first kappa shape index (κ1) is 7.07. The third kappa shape index (κ3) is 1.00. The molecule has 2 rings (SSSR count). The number of nitriles is 1. The van der Waals surface area contributed by atoms with Crippen molar-refractivity contribution in [2.45, 2.75) is 0 Å². The van der Waals surface area contributed by atoms with Crippen LogP contribution in [0.2, 0.25) is 5.35 Å². The Balaban J connectivity index is 2.77. The fraction of sp³-hybridized carbons (Fsp3) is 0. The van der Waals surface area contributed by atoms with E-state index in [0.29, 0.717) is 11.2 Å². The molecule has 0 radical (unpaired) electrons. The smallest absolute Gasteiger partial charge is 0.294 e. The molecule has 2 aromatic heterocycles. The van der Waals surface area contributed by atoms with Crippen molar-refractivity contribution in [3.8, 4) is 6.07 Å². The van der Waals surface area contributed by atoms with Crippen molar-refractivity contribution in [3.05, 3.63) is 23.2 Å². The van der Waals surface area contributed by atoms with E-state index in [4.69, 9.17) is 21.3 Å². The van der Waals surface area contributed by atoms with Gasteiger partial charge in [0.2, 0.25) is 5.71 Å². The minimum absolute atomic E-state index is 0.0348. The second-order valence-corrected chi connectivity index (χ2v) is 2.42. The van der Waals surface area contributed by atoms with Crippen molar-refractivity contribution in [2.24, 2.45) is 0 Å². The van der Waals surface area contributed by atoms with Crippen LogP contribution in [0.4, 0.5) is 0 Å². The minimum Gasteiger partial charge on any atom is -0.408 e. The van der Waals surface area contributed by atoms with E-state index in [9.17, 15) is 0 Å². The van der Waals surface area contributed by atoms with Crippen LogP contribution in [-0.2, 0) is 0 Å². The first-order chi connectivity index (χ1) is 5.79. The average Bonchev–Trinajstić information content (AvgIpc) is 2.43. The normalized spacial score (nSPS) is 10.0. The van der Waals surface area contributed by atoms with Crippen LogP contribution in [0.3, 0.4) is 0 Å². The summed E-state index contributed by atoms with van der Waals surface area (Å²) in [6.07, 6.45) is 0. The molecule has 0 aliphatic carbocycles. The summed E-state index contributed by atoms with van der Waals surface area (Å²) in [5, 5.41) is 8.53. The summed E-state index contributed by atoms with van der Waals surface area (Å²) in [6, 6.07) is 5.08. The molecule has 2 heterocycles. The summed E-state index contributed by atoms with van der Waals surface area (Å²) in [6.45, 7) is 0. The lowest BCUT2D eigenvalue weighted by Gasteiger charge is -1.84. The largest absolute Gasteiger partial charge is 0.408 e. The first-order valence-corrected chi connectivity index (χ1v) is 3.50. The zero-order valence-corrected chi connectivity index (χ0v) is 6.54. The maximum atomic E-state index is 8.50. The van der Waals surface area contributed by atoms with E-state index in [1.54, 1.807) is 12.1 Å². The van der Waals surface area contributed by atoms with E-state index in [2.05, 4.69) is 9.97 Å². The SMILES string of the molecule is N#Cc1ccc2nc(Cl)oc2n1. The van der Waals surface area contributed by atoms with E-state index < -0.39 is 0 Å². The fourth-order valence-electron chi connectivity index (χ4n) is 0.853. The predicted octanol–water partition coefficient (Wildman–Crippen LogP) is 1.75. The standard InChI is InChI=1S/C7H2ClN3O/c8-7-11-5-2-1-4(3-9)10-6(5)12-7/h1-2H. The molecule has 0 amide bonds. The minimum atomic E-state index is 0.0348. The quantitative estimate of drug-likeness (QED) is 0.618. The molecule has 0 aliphatic rings. The number of oxazole rings is 1. The van der Waals surface area contributed by atoms with E-state index >= 15 is 0 Å². The number of hydrogen-bond acceptors (Lipinski definition) is 4. The van der Waals surface area contributed by atoms with E-state index in [1.807, 2.05) is 6.07 Å². The van der Waals surface area contributed by atoms with Crippen LogP contribution in [0.1, 0.15) is 5.69 Å². The zero-order valence-electron chi connectivity index (χ0n) is 5.78. The summed E-state index contributed by atoms with van der Waals surface area (Å²) in [5.74, 6) is 0. The van der Waals surface area contributed by atoms with Gasteiger partial charge in [-0.3, -0.25) is 0 Å². The number of halogens is 1. The van der Waals surface area contributed by atoms with Crippen molar-refractivity contribution in [1.29, 1.82) is 5.26 Å². The second kappa shape index (κ2) is 2.47. The van der Waals surface area contributed by atoms with Gasteiger partial charge in [0, 0.05) is 0 Å². The molecule has 0 saturated carbocycles. The highest BCUT2D eigenvalue weighted by Gasteiger charge is 2.04. The molecule has 0 aromatic carbocycles. The topological polar surface area (TPSA) is 62.7 Å². The molecule has 2 aromatic rings. The molecule has 0 aliphatic heterocycles. The summed E-state index contributed by atoms with van der Waals surface area (Å²) in [4.78, 5) is 7.66. The monoisotopic (exact) mass is 179 g/mol. The molecule has 0 N–H and O–H groups in total. The Bertz CT molecular complexity index is 471. The van der Waals surface area contributed by atoms with Crippen LogP contribution in [0.15, 0.2) is 16.5 Å². The van der Waals surface area contributed by atoms with Crippen LogP contribution in [-0.4, -0.2) is 9.97 Å². The zero-order chi connectivity index (χ0) is 8.55. The molecule has 0 spiro atoms. The highest BCUT2D eigenvalue weighted by atomic mass is 35.5. The number of fused-ring (bicyclic) bond motifs is 1. The first-order valence-electron chi connectivity index (χ1n) is 3.13. The summed E-state index contributed by atoms with van der Waals surface area (Å²) in [5.41, 5.74) is 1.13. The lowest BCUT2D eigenvalue weighted by Crippen LogP contribution is -1.80. The lowest BCUT2D eigenvalue weighted by atomic mass is 10.3. The number of nitrogens with zero attached hydrogens (tertiary/aromatic N) is 3. The number of hydrogen-bond donors (Lipinski definition) is 0. The highest BCUT2D eigenvalue weighted by Crippen LogP contribution is 2.16. The number of aromatic nitrogens is 2. The average molecular weight is 180 g/mol. The Morgan fingerprint density at radius 2 is 2.25 bits per heavy atom. The van der Waals surface area contributed by atoms with E-state index in [1.165, 1.54) is 0 Å². The van der Waals surface area contributed by atoms with Gasteiger partial charge in [0.1, 0.15) is 17.3 Å². The molecule has 0 bridgehead atoms. The highest BCUT2D eigenvalue weighted by molar-refractivity contribution is 6.28. The Kier molecular flexibility index (Phi) is 1.45. The summed E-state index contributed by atoms with van der Waals surface area (Å²) >= 11 is 5.48. The molecule has 5 heteroatoms. The van der Waals surface area contributed by atoms with Gasteiger partial charge in [-0.2, -0.15) is 10.2 Å². The van der Waals surface area contributed by atoms with Gasteiger partial charge in [0.15, 0.2) is 0 Å². The van der Waals surface area contributed by atoms with Gasteiger partial charge in [0.25, 0.3) is 5.35 Å². The Morgan fingerprint density at radius 3 is 3.00 bits per heavy atom. The van der Waals surface area contributed by atoms with Gasteiger partial charge in [-0.15, -0.1) is 0 Å². The molecule has 12 heavy (non-hydrogen) atoms. The summed E-state index contributed by atoms with van der Waals surface area (Å²) in [7, 11) is 0.